The average Bonchev–Trinajstić information content (AvgIpc) is 2.58. The van der Waals surface area contributed by atoms with Gasteiger partial charge in [0.1, 0.15) is 12.2 Å². The standard InChI is InChI=1S/C20H18O3/c1-11-12-4-2-3-5-14(12)17(10-21)19-13(11)6-7-16-15(19)8-9-18(22)20(16)23/h2-9,18,20-23H,10H2,1H3. The number of rotatable bonds is 1. The van der Waals surface area contributed by atoms with Gasteiger partial charge in [-0.3, -0.25) is 0 Å². The Bertz CT molecular complexity index is 956. The molecule has 1 aliphatic carbocycles. The maximum atomic E-state index is 10.3. The summed E-state index contributed by atoms with van der Waals surface area (Å²) >= 11 is 0. The van der Waals surface area contributed by atoms with E-state index in [2.05, 4.69) is 13.0 Å². The lowest BCUT2D eigenvalue weighted by Gasteiger charge is -2.25. The minimum absolute atomic E-state index is 0.0692. The largest absolute Gasteiger partial charge is 0.392 e. The molecule has 3 N–H and O–H groups in total. The molecule has 3 heteroatoms. The summed E-state index contributed by atoms with van der Waals surface area (Å²) in [7, 11) is 0. The van der Waals surface area contributed by atoms with E-state index in [9.17, 15) is 15.3 Å². The molecule has 0 fully saturated rings. The van der Waals surface area contributed by atoms with Crippen molar-refractivity contribution in [3.8, 4) is 0 Å². The monoisotopic (exact) mass is 306 g/mol. The summed E-state index contributed by atoms with van der Waals surface area (Å²) < 4.78 is 0. The second-order valence-electron chi connectivity index (χ2n) is 6.09. The number of aryl methyl sites for hydroxylation is 1. The van der Waals surface area contributed by atoms with Crippen LogP contribution >= 0.6 is 0 Å². The molecule has 0 radical (unpaired) electrons. The molecule has 0 spiro atoms. The number of benzene rings is 3. The molecule has 116 valence electrons. The van der Waals surface area contributed by atoms with Crippen LogP contribution in [-0.4, -0.2) is 21.4 Å². The molecule has 2 atom stereocenters. The van der Waals surface area contributed by atoms with Crippen molar-refractivity contribution in [2.45, 2.75) is 25.7 Å². The van der Waals surface area contributed by atoms with Crippen LogP contribution in [0.1, 0.15) is 28.4 Å². The minimum Gasteiger partial charge on any atom is -0.392 e. The van der Waals surface area contributed by atoms with E-state index in [1.54, 1.807) is 6.08 Å². The molecule has 1 aliphatic rings. The second kappa shape index (κ2) is 5.17. The van der Waals surface area contributed by atoms with E-state index in [4.69, 9.17) is 0 Å². The van der Waals surface area contributed by atoms with E-state index < -0.39 is 12.2 Å². The molecule has 3 aromatic rings. The van der Waals surface area contributed by atoms with Crippen molar-refractivity contribution in [3.05, 3.63) is 64.7 Å². The smallest absolute Gasteiger partial charge is 0.109 e. The Hall–Kier alpha value is -2.20. The average molecular weight is 306 g/mol. The molecule has 0 amide bonds. The van der Waals surface area contributed by atoms with Crippen LogP contribution in [0.3, 0.4) is 0 Å². The van der Waals surface area contributed by atoms with E-state index in [0.717, 1.165) is 38.2 Å². The number of aliphatic hydroxyl groups is 3. The minimum atomic E-state index is -0.933. The molecule has 4 rings (SSSR count). The zero-order valence-electron chi connectivity index (χ0n) is 12.8. The molecule has 0 aliphatic heterocycles. The van der Waals surface area contributed by atoms with Gasteiger partial charge in [-0.25, -0.2) is 0 Å². The van der Waals surface area contributed by atoms with Gasteiger partial charge in [-0.15, -0.1) is 0 Å². The lowest BCUT2D eigenvalue weighted by Crippen LogP contribution is -2.19. The van der Waals surface area contributed by atoms with Crippen LogP contribution in [0.4, 0.5) is 0 Å². The lowest BCUT2D eigenvalue weighted by molar-refractivity contribution is 0.0471. The van der Waals surface area contributed by atoms with E-state index in [1.165, 1.54) is 0 Å². The summed E-state index contributed by atoms with van der Waals surface area (Å²) in [4.78, 5) is 0. The summed E-state index contributed by atoms with van der Waals surface area (Å²) in [5.74, 6) is 0. The van der Waals surface area contributed by atoms with Gasteiger partial charge in [0.15, 0.2) is 0 Å². The highest BCUT2D eigenvalue weighted by Crippen LogP contribution is 2.39. The Balaban J connectivity index is 2.23. The van der Waals surface area contributed by atoms with Crippen LogP contribution in [0.2, 0.25) is 0 Å². The van der Waals surface area contributed by atoms with Gasteiger partial charge in [0.25, 0.3) is 0 Å². The maximum Gasteiger partial charge on any atom is 0.109 e. The molecule has 0 saturated heterocycles. The molecule has 2 unspecified atom stereocenters. The molecule has 0 aromatic heterocycles. The molecule has 23 heavy (non-hydrogen) atoms. The van der Waals surface area contributed by atoms with Crippen molar-refractivity contribution in [1.29, 1.82) is 0 Å². The predicted octanol–water partition coefficient (Wildman–Crippen LogP) is 3.21. The number of hydrogen-bond acceptors (Lipinski definition) is 3. The summed E-state index contributed by atoms with van der Waals surface area (Å²) in [6.45, 7) is 2.01. The first kappa shape index (κ1) is 14.4. The van der Waals surface area contributed by atoms with E-state index in [1.807, 2.05) is 36.4 Å². The second-order valence-corrected chi connectivity index (χ2v) is 6.09. The zero-order valence-corrected chi connectivity index (χ0v) is 12.8. The molecular formula is C20H18O3. The first-order valence-corrected chi connectivity index (χ1v) is 7.75. The fourth-order valence-corrected chi connectivity index (χ4v) is 3.71. The molecule has 3 aromatic carbocycles. The fourth-order valence-electron chi connectivity index (χ4n) is 3.71. The summed E-state index contributed by atoms with van der Waals surface area (Å²) in [6.07, 6.45) is 1.64. The first-order chi connectivity index (χ1) is 11.1. The van der Waals surface area contributed by atoms with Crippen molar-refractivity contribution < 1.29 is 15.3 Å². The van der Waals surface area contributed by atoms with Gasteiger partial charge in [-0.2, -0.15) is 0 Å². The summed E-state index contributed by atoms with van der Waals surface area (Å²) in [5.41, 5.74) is 3.62. The van der Waals surface area contributed by atoms with Crippen molar-refractivity contribution in [1.82, 2.24) is 0 Å². The topological polar surface area (TPSA) is 60.7 Å². The zero-order chi connectivity index (χ0) is 16.1. The quantitative estimate of drug-likeness (QED) is 0.605. The number of fused-ring (bicyclic) bond motifs is 4. The Kier molecular flexibility index (Phi) is 3.23. The van der Waals surface area contributed by atoms with Gasteiger partial charge in [-0.05, 0) is 50.7 Å². The van der Waals surface area contributed by atoms with Crippen molar-refractivity contribution in [3.63, 3.8) is 0 Å². The Labute approximate surface area is 134 Å². The highest BCUT2D eigenvalue weighted by atomic mass is 16.3. The fraction of sp³-hybridized carbons (Fsp3) is 0.200. The SMILES string of the molecule is Cc1c2ccccc2c(CO)c2c3c(ccc12)C(O)C(O)C=C3. The summed E-state index contributed by atoms with van der Waals surface area (Å²) in [5, 5.41) is 34.3. The van der Waals surface area contributed by atoms with Crippen LogP contribution in [0.5, 0.6) is 0 Å². The van der Waals surface area contributed by atoms with Gasteiger partial charge in [0, 0.05) is 0 Å². The Morgan fingerprint density at radius 3 is 2.43 bits per heavy atom. The molecule has 3 nitrogen and oxygen atoms in total. The lowest BCUT2D eigenvalue weighted by atomic mass is 9.84. The normalized spacial score (nSPS) is 20.2. The third-order valence-corrected chi connectivity index (χ3v) is 4.90. The van der Waals surface area contributed by atoms with Gasteiger partial charge in [-0.1, -0.05) is 48.6 Å². The van der Waals surface area contributed by atoms with Gasteiger partial charge in [0.05, 0.1) is 6.61 Å². The van der Waals surface area contributed by atoms with Crippen molar-refractivity contribution in [2.75, 3.05) is 0 Å². The Morgan fingerprint density at radius 2 is 1.70 bits per heavy atom. The van der Waals surface area contributed by atoms with Crippen LogP contribution in [0, 0.1) is 6.92 Å². The molecule has 0 bridgehead atoms. The highest BCUT2D eigenvalue weighted by molar-refractivity contribution is 6.09. The number of aliphatic hydroxyl groups excluding tert-OH is 3. The van der Waals surface area contributed by atoms with Gasteiger partial charge >= 0.3 is 0 Å². The summed E-state index contributed by atoms with van der Waals surface area (Å²) in [6, 6.07) is 11.9. The van der Waals surface area contributed by atoms with E-state index in [-0.39, 0.29) is 6.61 Å². The molecule has 0 heterocycles. The van der Waals surface area contributed by atoms with Crippen LogP contribution < -0.4 is 0 Å². The van der Waals surface area contributed by atoms with Gasteiger partial charge < -0.3 is 15.3 Å². The van der Waals surface area contributed by atoms with E-state index >= 15 is 0 Å². The Morgan fingerprint density at radius 1 is 0.957 bits per heavy atom. The van der Waals surface area contributed by atoms with Crippen LogP contribution in [0.15, 0.2) is 42.5 Å². The van der Waals surface area contributed by atoms with E-state index in [0.29, 0.717) is 5.56 Å². The first-order valence-electron chi connectivity index (χ1n) is 7.75. The third kappa shape index (κ3) is 1.94. The van der Waals surface area contributed by atoms with Crippen LogP contribution in [0.25, 0.3) is 27.6 Å². The molecule has 0 saturated carbocycles. The van der Waals surface area contributed by atoms with Crippen LogP contribution in [-0.2, 0) is 6.61 Å². The highest BCUT2D eigenvalue weighted by Gasteiger charge is 2.25. The molecular weight excluding hydrogens is 288 g/mol. The predicted molar refractivity (Wildman–Crippen MR) is 92.1 cm³/mol. The number of hydrogen-bond donors (Lipinski definition) is 3. The van der Waals surface area contributed by atoms with Gasteiger partial charge in [0.2, 0.25) is 0 Å². The van der Waals surface area contributed by atoms with Crippen molar-refractivity contribution in [2.24, 2.45) is 0 Å². The third-order valence-electron chi connectivity index (χ3n) is 4.90. The maximum absolute atomic E-state index is 10.3. The van der Waals surface area contributed by atoms with Crippen molar-refractivity contribution >= 4 is 27.6 Å².